The molecule has 0 saturated heterocycles. The topological polar surface area (TPSA) is 49.4 Å². The molecule has 0 bridgehead atoms. The molecule has 5 heteroatoms. The Balaban J connectivity index is 2.03. The molecular weight excluding hydrogens is 368 g/mol. The van der Waals surface area contributed by atoms with Gasteiger partial charge in [-0.3, -0.25) is 9.59 Å². The van der Waals surface area contributed by atoms with Crippen LogP contribution in [0.4, 0.5) is 11.4 Å². The molecule has 0 heterocycles. The van der Waals surface area contributed by atoms with Crippen LogP contribution in [0.2, 0.25) is 0 Å². The van der Waals surface area contributed by atoms with E-state index in [0.29, 0.717) is 6.54 Å². The van der Waals surface area contributed by atoms with E-state index in [1.165, 1.54) is 6.92 Å². The molecule has 0 fully saturated rings. The van der Waals surface area contributed by atoms with Gasteiger partial charge in [-0.1, -0.05) is 39.7 Å². The highest BCUT2D eigenvalue weighted by atomic mass is 79.9. The van der Waals surface area contributed by atoms with Gasteiger partial charge in [-0.15, -0.1) is 0 Å². The molecular formula is C19H21BrN2O2. The number of halogens is 1. The number of hydrogen-bond donors (Lipinski definition) is 1. The summed E-state index contributed by atoms with van der Waals surface area (Å²) in [7, 11) is 0. The van der Waals surface area contributed by atoms with E-state index in [0.717, 1.165) is 27.0 Å². The molecule has 0 atom stereocenters. The molecule has 0 spiro atoms. The second kappa shape index (κ2) is 8.11. The van der Waals surface area contributed by atoms with Gasteiger partial charge in [0.25, 0.3) is 0 Å². The molecule has 126 valence electrons. The van der Waals surface area contributed by atoms with Gasteiger partial charge in [-0.05, 0) is 43.7 Å². The third kappa shape index (κ3) is 4.93. The molecule has 24 heavy (non-hydrogen) atoms. The number of carbonyl (C=O) groups excluding carboxylic acids is 2. The van der Waals surface area contributed by atoms with Gasteiger partial charge in [0.05, 0.1) is 0 Å². The van der Waals surface area contributed by atoms with E-state index in [-0.39, 0.29) is 18.2 Å². The van der Waals surface area contributed by atoms with E-state index in [1.807, 2.05) is 56.3 Å². The lowest BCUT2D eigenvalue weighted by molar-refractivity contribution is -0.117. The van der Waals surface area contributed by atoms with Crippen LogP contribution in [-0.4, -0.2) is 18.4 Å². The van der Waals surface area contributed by atoms with Crippen molar-refractivity contribution in [1.82, 2.24) is 0 Å². The number of rotatable bonds is 5. The lowest BCUT2D eigenvalue weighted by Gasteiger charge is -2.23. The molecule has 1 N–H and O–H groups in total. The van der Waals surface area contributed by atoms with Gasteiger partial charge in [0.15, 0.2) is 0 Å². The van der Waals surface area contributed by atoms with E-state index >= 15 is 0 Å². The first-order valence-corrected chi connectivity index (χ1v) is 8.57. The standard InChI is InChI=1S/C19H21BrN2O2/c1-13-7-8-18(14(2)11-13)22(15(3)23)10-9-19(24)21-17-6-4-5-16(20)12-17/h4-8,11-12H,9-10H2,1-3H3,(H,21,24). The van der Waals surface area contributed by atoms with E-state index in [4.69, 9.17) is 0 Å². The maximum Gasteiger partial charge on any atom is 0.226 e. The molecule has 0 unspecified atom stereocenters. The Morgan fingerprint density at radius 2 is 1.88 bits per heavy atom. The number of hydrogen-bond acceptors (Lipinski definition) is 2. The lowest BCUT2D eigenvalue weighted by Crippen LogP contribution is -2.32. The van der Waals surface area contributed by atoms with Crippen LogP contribution < -0.4 is 10.2 Å². The van der Waals surface area contributed by atoms with Gasteiger partial charge in [-0.2, -0.15) is 0 Å². The van der Waals surface area contributed by atoms with Crippen molar-refractivity contribution in [3.63, 3.8) is 0 Å². The number of anilines is 2. The average molecular weight is 389 g/mol. The van der Waals surface area contributed by atoms with Crippen LogP contribution in [0.3, 0.4) is 0 Å². The fourth-order valence-electron chi connectivity index (χ4n) is 2.56. The van der Waals surface area contributed by atoms with Crippen LogP contribution >= 0.6 is 15.9 Å². The van der Waals surface area contributed by atoms with Gasteiger partial charge in [0, 0.05) is 35.7 Å². The van der Waals surface area contributed by atoms with E-state index in [9.17, 15) is 9.59 Å². The highest BCUT2D eigenvalue weighted by Gasteiger charge is 2.15. The summed E-state index contributed by atoms with van der Waals surface area (Å²) in [4.78, 5) is 25.8. The number of nitrogens with zero attached hydrogens (tertiary/aromatic N) is 1. The highest BCUT2D eigenvalue weighted by Crippen LogP contribution is 2.22. The number of benzene rings is 2. The van der Waals surface area contributed by atoms with Crippen LogP contribution in [0.5, 0.6) is 0 Å². The molecule has 0 aliphatic carbocycles. The van der Waals surface area contributed by atoms with Crippen molar-refractivity contribution in [2.75, 3.05) is 16.8 Å². The van der Waals surface area contributed by atoms with Crippen molar-refractivity contribution < 1.29 is 9.59 Å². The summed E-state index contributed by atoms with van der Waals surface area (Å²) >= 11 is 3.37. The average Bonchev–Trinajstić information content (AvgIpc) is 2.49. The third-order valence-corrected chi connectivity index (χ3v) is 4.19. The summed E-state index contributed by atoms with van der Waals surface area (Å²) in [6, 6.07) is 13.4. The fourth-order valence-corrected chi connectivity index (χ4v) is 2.96. The highest BCUT2D eigenvalue weighted by molar-refractivity contribution is 9.10. The quantitative estimate of drug-likeness (QED) is 0.822. The molecule has 2 aromatic rings. The van der Waals surface area contributed by atoms with Gasteiger partial charge < -0.3 is 10.2 Å². The van der Waals surface area contributed by atoms with Crippen LogP contribution in [-0.2, 0) is 9.59 Å². The zero-order valence-corrected chi connectivity index (χ0v) is 15.7. The molecule has 2 aromatic carbocycles. The fraction of sp³-hybridized carbons (Fsp3) is 0.263. The Morgan fingerprint density at radius 3 is 2.50 bits per heavy atom. The minimum absolute atomic E-state index is 0.0720. The maximum absolute atomic E-state index is 12.2. The van der Waals surface area contributed by atoms with E-state index < -0.39 is 0 Å². The molecule has 0 radical (unpaired) electrons. The Labute approximate surface area is 151 Å². The lowest BCUT2D eigenvalue weighted by atomic mass is 10.1. The third-order valence-electron chi connectivity index (χ3n) is 3.69. The molecule has 2 amide bonds. The second-order valence-corrected chi connectivity index (χ2v) is 6.68. The summed E-state index contributed by atoms with van der Waals surface area (Å²) in [6.45, 7) is 5.85. The Kier molecular flexibility index (Phi) is 6.15. The van der Waals surface area contributed by atoms with Crippen molar-refractivity contribution in [2.45, 2.75) is 27.2 Å². The SMILES string of the molecule is CC(=O)N(CCC(=O)Nc1cccc(Br)c1)c1ccc(C)cc1C. The summed E-state index contributed by atoms with van der Waals surface area (Å²) in [6.07, 6.45) is 0.236. The van der Waals surface area contributed by atoms with Gasteiger partial charge >= 0.3 is 0 Å². The van der Waals surface area contributed by atoms with E-state index in [2.05, 4.69) is 21.2 Å². The van der Waals surface area contributed by atoms with Crippen LogP contribution in [0, 0.1) is 13.8 Å². The van der Waals surface area contributed by atoms with Crippen molar-refractivity contribution in [2.24, 2.45) is 0 Å². The molecule has 0 aromatic heterocycles. The first-order valence-electron chi connectivity index (χ1n) is 7.77. The largest absolute Gasteiger partial charge is 0.326 e. The Bertz CT molecular complexity index is 759. The molecule has 4 nitrogen and oxygen atoms in total. The number of carbonyl (C=O) groups is 2. The molecule has 0 aliphatic rings. The maximum atomic E-state index is 12.2. The Hall–Kier alpha value is -2.14. The van der Waals surface area contributed by atoms with Crippen LogP contribution in [0.15, 0.2) is 46.9 Å². The second-order valence-electron chi connectivity index (χ2n) is 5.77. The van der Waals surface area contributed by atoms with Crippen molar-refractivity contribution in [3.05, 3.63) is 58.1 Å². The predicted molar refractivity (Wildman–Crippen MR) is 101 cm³/mol. The minimum Gasteiger partial charge on any atom is -0.326 e. The summed E-state index contributed by atoms with van der Waals surface area (Å²) in [5.74, 6) is -0.193. The summed E-state index contributed by atoms with van der Waals surface area (Å²) < 4.78 is 0.904. The Morgan fingerprint density at radius 1 is 1.12 bits per heavy atom. The zero-order valence-electron chi connectivity index (χ0n) is 14.1. The smallest absolute Gasteiger partial charge is 0.226 e. The predicted octanol–water partition coefficient (Wildman–Crippen LogP) is 4.45. The number of amides is 2. The summed E-state index contributed by atoms with van der Waals surface area (Å²) in [5.41, 5.74) is 3.75. The first kappa shape index (κ1) is 18.2. The number of nitrogens with one attached hydrogen (secondary N) is 1. The van der Waals surface area contributed by atoms with Crippen LogP contribution in [0.25, 0.3) is 0 Å². The summed E-state index contributed by atoms with van der Waals surface area (Å²) in [5, 5.41) is 2.85. The van der Waals surface area contributed by atoms with Crippen LogP contribution in [0.1, 0.15) is 24.5 Å². The molecule has 0 saturated carbocycles. The zero-order chi connectivity index (χ0) is 17.7. The van der Waals surface area contributed by atoms with Crippen molar-refractivity contribution >= 4 is 39.1 Å². The van der Waals surface area contributed by atoms with Gasteiger partial charge in [-0.25, -0.2) is 0 Å². The van der Waals surface area contributed by atoms with Gasteiger partial charge in [0.1, 0.15) is 0 Å². The molecule has 2 rings (SSSR count). The minimum atomic E-state index is -0.121. The first-order chi connectivity index (χ1) is 11.4. The van der Waals surface area contributed by atoms with Crippen molar-refractivity contribution in [3.8, 4) is 0 Å². The van der Waals surface area contributed by atoms with Gasteiger partial charge in [0.2, 0.25) is 11.8 Å². The monoisotopic (exact) mass is 388 g/mol. The van der Waals surface area contributed by atoms with Crippen molar-refractivity contribution in [1.29, 1.82) is 0 Å². The normalized spacial score (nSPS) is 10.3. The molecule has 0 aliphatic heterocycles. The van der Waals surface area contributed by atoms with E-state index in [1.54, 1.807) is 4.90 Å². The number of aryl methyl sites for hydroxylation is 2.